The van der Waals surface area contributed by atoms with Gasteiger partial charge in [0.25, 0.3) is 0 Å². The highest BCUT2D eigenvalue weighted by atomic mass is 15.3. The zero-order valence-electron chi connectivity index (χ0n) is 10.1. The summed E-state index contributed by atoms with van der Waals surface area (Å²) in [6.07, 6.45) is 5.28. The Labute approximate surface area is 105 Å². The fraction of sp³-hybridized carbons (Fsp3) is 0.154. The van der Waals surface area contributed by atoms with Gasteiger partial charge in [0.15, 0.2) is 5.82 Å². The first-order valence-corrected chi connectivity index (χ1v) is 5.74. The summed E-state index contributed by atoms with van der Waals surface area (Å²) in [4.78, 5) is 6.45. The van der Waals surface area contributed by atoms with Crippen molar-refractivity contribution in [1.29, 1.82) is 0 Å². The molecule has 0 aliphatic heterocycles. The minimum Gasteiger partial charge on any atom is -0.352 e. The summed E-state index contributed by atoms with van der Waals surface area (Å²) in [6, 6.07) is 10.3. The third-order valence-electron chi connectivity index (χ3n) is 2.82. The predicted octanol–water partition coefficient (Wildman–Crippen LogP) is 1.76. The van der Waals surface area contributed by atoms with Crippen LogP contribution in [0.1, 0.15) is 5.56 Å². The first-order valence-electron chi connectivity index (χ1n) is 5.74. The quantitative estimate of drug-likeness (QED) is 0.698. The number of nitrogens with zero attached hydrogens (tertiary/aromatic N) is 5. The summed E-state index contributed by atoms with van der Waals surface area (Å²) >= 11 is 0. The summed E-state index contributed by atoms with van der Waals surface area (Å²) in [5.74, 6) is 0.832. The number of rotatable bonds is 3. The molecule has 0 bridgehead atoms. The second-order valence-electron chi connectivity index (χ2n) is 4.15. The van der Waals surface area contributed by atoms with E-state index in [-0.39, 0.29) is 0 Å². The van der Waals surface area contributed by atoms with E-state index in [1.807, 2.05) is 35.8 Å². The highest BCUT2D eigenvalue weighted by Crippen LogP contribution is 2.16. The van der Waals surface area contributed by atoms with Crippen molar-refractivity contribution in [3.05, 3.63) is 54.6 Å². The molecular weight excluding hydrogens is 226 g/mol. The van der Waals surface area contributed by atoms with Gasteiger partial charge in [0.1, 0.15) is 6.33 Å². The Morgan fingerprint density at radius 3 is 2.89 bits per heavy atom. The molecule has 0 aliphatic rings. The van der Waals surface area contributed by atoms with E-state index in [9.17, 15) is 0 Å². The standard InChI is InChI=1S/C13H13N5/c1-17(9-11-5-3-2-4-6-11)12-13-16-15-10-18(13)8-7-14-12/h2-8,10H,9H2,1H3. The lowest BCUT2D eigenvalue weighted by Crippen LogP contribution is -2.18. The summed E-state index contributed by atoms with van der Waals surface area (Å²) in [6.45, 7) is 0.792. The van der Waals surface area contributed by atoms with Crippen LogP contribution in [0.3, 0.4) is 0 Å². The average Bonchev–Trinajstić information content (AvgIpc) is 2.87. The molecule has 5 heteroatoms. The van der Waals surface area contributed by atoms with Gasteiger partial charge >= 0.3 is 0 Å². The van der Waals surface area contributed by atoms with E-state index in [1.54, 1.807) is 12.5 Å². The Kier molecular flexibility index (Phi) is 2.64. The van der Waals surface area contributed by atoms with Crippen LogP contribution in [0, 0.1) is 0 Å². The van der Waals surface area contributed by atoms with Crippen LogP contribution in [0.25, 0.3) is 5.65 Å². The Balaban J connectivity index is 1.92. The van der Waals surface area contributed by atoms with Crippen LogP contribution >= 0.6 is 0 Å². The van der Waals surface area contributed by atoms with Gasteiger partial charge in [-0.05, 0) is 5.56 Å². The molecule has 0 spiro atoms. The van der Waals surface area contributed by atoms with Crippen LogP contribution in [0.2, 0.25) is 0 Å². The van der Waals surface area contributed by atoms with E-state index in [1.165, 1.54) is 5.56 Å². The topological polar surface area (TPSA) is 46.3 Å². The van der Waals surface area contributed by atoms with E-state index in [0.29, 0.717) is 0 Å². The summed E-state index contributed by atoms with van der Waals surface area (Å²) in [7, 11) is 2.00. The van der Waals surface area contributed by atoms with Crippen molar-refractivity contribution in [3.63, 3.8) is 0 Å². The summed E-state index contributed by atoms with van der Waals surface area (Å²) in [5, 5.41) is 7.99. The minimum atomic E-state index is 0.774. The number of hydrogen-bond donors (Lipinski definition) is 0. The molecule has 0 aliphatic carbocycles. The van der Waals surface area contributed by atoms with Crippen molar-refractivity contribution in [1.82, 2.24) is 19.6 Å². The molecule has 90 valence electrons. The molecule has 0 atom stereocenters. The van der Waals surface area contributed by atoms with Gasteiger partial charge in [0.2, 0.25) is 5.65 Å². The first-order chi connectivity index (χ1) is 8.84. The maximum absolute atomic E-state index is 4.38. The van der Waals surface area contributed by atoms with Gasteiger partial charge in [-0.25, -0.2) is 4.98 Å². The molecule has 0 saturated carbocycles. The lowest BCUT2D eigenvalue weighted by Gasteiger charge is -2.18. The van der Waals surface area contributed by atoms with Gasteiger partial charge in [0, 0.05) is 26.0 Å². The zero-order chi connectivity index (χ0) is 12.4. The number of aromatic nitrogens is 4. The van der Waals surface area contributed by atoms with E-state index in [4.69, 9.17) is 0 Å². The van der Waals surface area contributed by atoms with Crippen LogP contribution in [0.5, 0.6) is 0 Å². The normalized spacial score (nSPS) is 10.7. The van der Waals surface area contributed by atoms with Gasteiger partial charge in [-0.1, -0.05) is 30.3 Å². The van der Waals surface area contributed by atoms with Crippen molar-refractivity contribution in [2.24, 2.45) is 0 Å². The zero-order valence-corrected chi connectivity index (χ0v) is 10.1. The van der Waals surface area contributed by atoms with Crippen LogP contribution < -0.4 is 4.90 Å². The lowest BCUT2D eigenvalue weighted by atomic mass is 10.2. The second kappa shape index (κ2) is 4.44. The number of anilines is 1. The Bertz CT molecular complexity index is 647. The predicted molar refractivity (Wildman–Crippen MR) is 69.3 cm³/mol. The van der Waals surface area contributed by atoms with Gasteiger partial charge in [-0.15, -0.1) is 10.2 Å². The van der Waals surface area contributed by atoms with E-state index in [2.05, 4.69) is 32.2 Å². The molecular formula is C13H13N5. The Morgan fingerprint density at radius 1 is 1.22 bits per heavy atom. The monoisotopic (exact) mass is 239 g/mol. The maximum atomic E-state index is 4.38. The highest BCUT2D eigenvalue weighted by Gasteiger charge is 2.09. The SMILES string of the molecule is CN(Cc1ccccc1)c1nccn2cnnc12. The Morgan fingerprint density at radius 2 is 2.06 bits per heavy atom. The van der Waals surface area contributed by atoms with Crippen LogP contribution in [0.4, 0.5) is 5.82 Å². The van der Waals surface area contributed by atoms with Gasteiger partial charge in [-0.2, -0.15) is 0 Å². The maximum Gasteiger partial charge on any atom is 0.203 e. The van der Waals surface area contributed by atoms with E-state index >= 15 is 0 Å². The number of hydrogen-bond acceptors (Lipinski definition) is 4. The molecule has 2 heterocycles. The fourth-order valence-electron chi connectivity index (χ4n) is 1.95. The van der Waals surface area contributed by atoms with E-state index in [0.717, 1.165) is 18.0 Å². The second-order valence-corrected chi connectivity index (χ2v) is 4.15. The minimum absolute atomic E-state index is 0.774. The van der Waals surface area contributed by atoms with Crippen LogP contribution in [-0.2, 0) is 6.54 Å². The fourth-order valence-corrected chi connectivity index (χ4v) is 1.95. The van der Waals surface area contributed by atoms with Gasteiger partial charge in [0.05, 0.1) is 0 Å². The third kappa shape index (κ3) is 1.90. The smallest absolute Gasteiger partial charge is 0.203 e. The van der Waals surface area contributed by atoms with Crippen molar-refractivity contribution < 1.29 is 0 Å². The van der Waals surface area contributed by atoms with Crippen LogP contribution in [-0.4, -0.2) is 26.6 Å². The summed E-state index contributed by atoms with van der Waals surface area (Å²) in [5.41, 5.74) is 2.01. The molecule has 1 aromatic carbocycles. The largest absolute Gasteiger partial charge is 0.352 e. The molecule has 18 heavy (non-hydrogen) atoms. The third-order valence-corrected chi connectivity index (χ3v) is 2.82. The van der Waals surface area contributed by atoms with Crippen LogP contribution in [0.15, 0.2) is 49.1 Å². The van der Waals surface area contributed by atoms with Crippen molar-refractivity contribution in [3.8, 4) is 0 Å². The van der Waals surface area contributed by atoms with E-state index < -0.39 is 0 Å². The molecule has 0 saturated heterocycles. The lowest BCUT2D eigenvalue weighted by molar-refractivity contribution is 0.891. The highest BCUT2D eigenvalue weighted by molar-refractivity contribution is 5.62. The molecule has 0 N–H and O–H groups in total. The molecule has 5 nitrogen and oxygen atoms in total. The average molecular weight is 239 g/mol. The molecule has 3 rings (SSSR count). The number of fused-ring (bicyclic) bond motifs is 1. The van der Waals surface area contributed by atoms with Gasteiger partial charge in [-0.3, -0.25) is 4.40 Å². The van der Waals surface area contributed by atoms with Crippen molar-refractivity contribution >= 4 is 11.5 Å². The molecule has 2 aromatic heterocycles. The van der Waals surface area contributed by atoms with Crippen molar-refractivity contribution in [2.45, 2.75) is 6.54 Å². The molecule has 3 aromatic rings. The molecule has 0 unspecified atom stereocenters. The molecule has 0 radical (unpaired) electrons. The van der Waals surface area contributed by atoms with Gasteiger partial charge < -0.3 is 4.90 Å². The molecule has 0 amide bonds. The first kappa shape index (κ1) is 10.7. The van der Waals surface area contributed by atoms with Crippen molar-refractivity contribution in [2.75, 3.05) is 11.9 Å². The number of benzene rings is 1. The molecule has 0 fully saturated rings. The Hall–Kier alpha value is -2.43. The summed E-state index contributed by atoms with van der Waals surface area (Å²) < 4.78 is 1.86.